The second-order valence-electron chi connectivity index (χ2n) is 4.20. The zero-order valence-electron chi connectivity index (χ0n) is 10.4. The van der Waals surface area contributed by atoms with E-state index in [1.54, 1.807) is 0 Å². The molecule has 2 heteroatoms. The molecule has 0 saturated carbocycles. The molecule has 0 unspecified atom stereocenters. The summed E-state index contributed by atoms with van der Waals surface area (Å²) in [6.07, 6.45) is 2.13. The van der Waals surface area contributed by atoms with Crippen LogP contribution in [-0.2, 0) is 0 Å². The van der Waals surface area contributed by atoms with Crippen molar-refractivity contribution in [1.82, 2.24) is 10.3 Å². The summed E-state index contributed by atoms with van der Waals surface area (Å²) in [5.74, 6) is 0. The van der Waals surface area contributed by atoms with Crippen LogP contribution in [0.25, 0.3) is 17.0 Å². The van der Waals surface area contributed by atoms with Gasteiger partial charge in [-0.25, -0.2) is 4.98 Å². The summed E-state index contributed by atoms with van der Waals surface area (Å²) < 4.78 is 0. The molecular weight excluding hydrogens is 208 g/mol. The van der Waals surface area contributed by atoms with Crippen LogP contribution in [0.15, 0.2) is 42.0 Å². The molecule has 88 valence electrons. The number of aromatic nitrogens is 1. The fourth-order valence-corrected chi connectivity index (χ4v) is 1.79. The van der Waals surface area contributed by atoms with Crippen molar-refractivity contribution in [2.75, 3.05) is 13.1 Å². The van der Waals surface area contributed by atoms with Crippen molar-refractivity contribution < 1.29 is 0 Å². The van der Waals surface area contributed by atoms with Gasteiger partial charge in [-0.15, -0.1) is 0 Å². The molecule has 0 aliphatic carbocycles. The number of likely N-dealkylation sites (N-methyl/N-ethyl adjacent to an activating group) is 1. The summed E-state index contributed by atoms with van der Waals surface area (Å²) in [5, 5.41) is 4.50. The minimum Gasteiger partial charge on any atom is -0.313 e. The second kappa shape index (κ2) is 5.60. The Balaban J connectivity index is 2.24. The first-order valence-corrected chi connectivity index (χ1v) is 6.03. The summed E-state index contributed by atoms with van der Waals surface area (Å²) in [6.45, 7) is 6.16. The van der Waals surface area contributed by atoms with Gasteiger partial charge in [0.1, 0.15) is 0 Å². The average molecular weight is 226 g/mol. The predicted octanol–water partition coefficient (Wildman–Crippen LogP) is 3.25. The molecule has 0 bridgehead atoms. The molecule has 2 nitrogen and oxygen atoms in total. The highest BCUT2D eigenvalue weighted by Crippen LogP contribution is 2.13. The molecule has 0 spiro atoms. The lowest BCUT2D eigenvalue weighted by molar-refractivity contribution is 0.778. The predicted molar refractivity (Wildman–Crippen MR) is 73.9 cm³/mol. The first-order chi connectivity index (χ1) is 8.29. The van der Waals surface area contributed by atoms with Crippen molar-refractivity contribution in [3.05, 3.63) is 47.7 Å². The van der Waals surface area contributed by atoms with Crippen molar-refractivity contribution in [2.24, 2.45) is 0 Å². The van der Waals surface area contributed by atoms with Gasteiger partial charge >= 0.3 is 0 Å². The van der Waals surface area contributed by atoms with E-state index < -0.39 is 0 Å². The molecule has 2 aromatic rings. The second-order valence-corrected chi connectivity index (χ2v) is 4.20. The molecule has 0 atom stereocenters. The molecule has 1 aromatic carbocycles. The Labute approximate surface area is 102 Å². The van der Waals surface area contributed by atoms with Crippen LogP contribution in [0.2, 0.25) is 0 Å². The van der Waals surface area contributed by atoms with Crippen LogP contribution in [0.5, 0.6) is 0 Å². The van der Waals surface area contributed by atoms with E-state index in [9.17, 15) is 0 Å². The molecule has 0 fully saturated rings. The number of benzene rings is 1. The molecule has 0 radical (unpaired) electrons. The fraction of sp³-hybridized carbons (Fsp3) is 0.267. The van der Waals surface area contributed by atoms with Gasteiger partial charge in [-0.3, -0.25) is 0 Å². The molecule has 1 aromatic heterocycles. The zero-order valence-corrected chi connectivity index (χ0v) is 10.4. The molecule has 0 amide bonds. The first kappa shape index (κ1) is 11.8. The number of pyridine rings is 1. The number of fused-ring (bicyclic) bond motifs is 1. The quantitative estimate of drug-likeness (QED) is 0.865. The van der Waals surface area contributed by atoms with Gasteiger partial charge in [0.05, 0.1) is 11.2 Å². The lowest BCUT2D eigenvalue weighted by Gasteiger charge is -2.03. The third kappa shape index (κ3) is 3.14. The Kier molecular flexibility index (Phi) is 3.89. The van der Waals surface area contributed by atoms with Crippen LogP contribution in [0.1, 0.15) is 19.5 Å². The Hall–Kier alpha value is -1.67. The van der Waals surface area contributed by atoms with Gasteiger partial charge in [-0.1, -0.05) is 36.8 Å². The monoisotopic (exact) mass is 226 g/mol. The Morgan fingerprint density at radius 3 is 2.88 bits per heavy atom. The third-order valence-electron chi connectivity index (χ3n) is 2.67. The molecule has 2 rings (SSSR count). The van der Waals surface area contributed by atoms with E-state index in [0.29, 0.717) is 0 Å². The molecular formula is C15H18N2. The maximum absolute atomic E-state index is 4.62. The molecule has 1 N–H and O–H groups in total. The minimum atomic E-state index is 0.922. The van der Waals surface area contributed by atoms with Crippen LogP contribution < -0.4 is 5.32 Å². The number of nitrogens with one attached hydrogen (secondary N) is 1. The lowest BCUT2D eigenvalue weighted by atomic mass is 10.1. The number of rotatable bonds is 4. The number of nitrogens with zero attached hydrogens (tertiary/aromatic N) is 1. The highest BCUT2D eigenvalue weighted by atomic mass is 14.8. The largest absolute Gasteiger partial charge is 0.313 e. The van der Waals surface area contributed by atoms with E-state index in [1.165, 1.54) is 11.0 Å². The third-order valence-corrected chi connectivity index (χ3v) is 2.67. The lowest BCUT2D eigenvalue weighted by Crippen LogP contribution is -2.14. The minimum absolute atomic E-state index is 0.922. The summed E-state index contributed by atoms with van der Waals surface area (Å²) in [7, 11) is 0. The average Bonchev–Trinajstić information content (AvgIpc) is 2.36. The Bertz CT molecular complexity index is 529. The van der Waals surface area contributed by atoms with Gasteiger partial charge in [0.25, 0.3) is 0 Å². The normalized spacial score (nSPS) is 12.0. The van der Waals surface area contributed by atoms with Crippen LogP contribution >= 0.6 is 0 Å². The van der Waals surface area contributed by atoms with Crippen LogP contribution in [0.4, 0.5) is 0 Å². The number of hydrogen-bond donors (Lipinski definition) is 1. The van der Waals surface area contributed by atoms with E-state index in [-0.39, 0.29) is 0 Å². The number of para-hydroxylation sites is 1. The zero-order chi connectivity index (χ0) is 12.1. The maximum Gasteiger partial charge on any atom is 0.0709 e. The van der Waals surface area contributed by atoms with Crippen molar-refractivity contribution >= 4 is 17.0 Å². The summed E-state index contributed by atoms with van der Waals surface area (Å²) in [6, 6.07) is 12.4. The summed E-state index contributed by atoms with van der Waals surface area (Å²) in [4.78, 5) is 4.62. The van der Waals surface area contributed by atoms with E-state index in [0.717, 1.165) is 24.3 Å². The van der Waals surface area contributed by atoms with Crippen molar-refractivity contribution in [1.29, 1.82) is 0 Å². The highest BCUT2D eigenvalue weighted by Gasteiger charge is 1.96. The van der Waals surface area contributed by atoms with Gasteiger partial charge < -0.3 is 5.32 Å². The topological polar surface area (TPSA) is 24.9 Å². The SMILES string of the molecule is CCNCC(C)=Cc1ccc2ccccc2n1. The van der Waals surface area contributed by atoms with Gasteiger partial charge in [-0.2, -0.15) is 0 Å². The van der Waals surface area contributed by atoms with Crippen molar-refractivity contribution in [2.45, 2.75) is 13.8 Å². The van der Waals surface area contributed by atoms with Crippen LogP contribution in [0, 0.1) is 0 Å². The van der Waals surface area contributed by atoms with E-state index in [4.69, 9.17) is 0 Å². The maximum atomic E-state index is 4.62. The molecule has 17 heavy (non-hydrogen) atoms. The summed E-state index contributed by atoms with van der Waals surface area (Å²) >= 11 is 0. The van der Waals surface area contributed by atoms with E-state index >= 15 is 0 Å². The van der Waals surface area contributed by atoms with Crippen molar-refractivity contribution in [3.8, 4) is 0 Å². The smallest absolute Gasteiger partial charge is 0.0709 e. The van der Waals surface area contributed by atoms with Gasteiger partial charge in [0, 0.05) is 11.9 Å². The molecule has 0 aliphatic heterocycles. The van der Waals surface area contributed by atoms with E-state index in [1.807, 2.05) is 18.2 Å². The van der Waals surface area contributed by atoms with Gasteiger partial charge in [0.15, 0.2) is 0 Å². The molecule has 1 heterocycles. The molecule has 0 aliphatic rings. The van der Waals surface area contributed by atoms with Crippen LogP contribution in [0.3, 0.4) is 0 Å². The number of hydrogen-bond acceptors (Lipinski definition) is 2. The molecule has 0 saturated heterocycles. The van der Waals surface area contributed by atoms with Gasteiger partial charge in [-0.05, 0) is 31.7 Å². The van der Waals surface area contributed by atoms with E-state index in [2.05, 4.69) is 48.4 Å². The fourth-order valence-electron chi connectivity index (χ4n) is 1.79. The van der Waals surface area contributed by atoms with Gasteiger partial charge in [0.2, 0.25) is 0 Å². The van der Waals surface area contributed by atoms with Crippen LogP contribution in [-0.4, -0.2) is 18.1 Å². The van der Waals surface area contributed by atoms with Crippen molar-refractivity contribution in [3.63, 3.8) is 0 Å². The Morgan fingerprint density at radius 1 is 1.24 bits per heavy atom. The Morgan fingerprint density at radius 2 is 2.06 bits per heavy atom. The summed E-state index contributed by atoms with van der Waals surface area (Å²) in [5.41, 5.74) is 3.38. The highest BCUT2D eigenvalue weighted by molar-refractivity contribution is 5.79. The first-order valence-electron chi connectivity index (χ1n) is 6.03. The standard InChI is InChI=1S/C15H18N2/c1-3-16-11-12(2)10-14-9-8-13-6-4-5-7-15(13)17-14/h4-10,16H,3,11H2,1-2H3.